The summed E-state index contributed by atoms with van der Waals surface area (Å²) in [5.41, 5.74) is 9.47. The highest BCUT2D eigenvalue weighted by atomic mass is 16.5. The highest BCUT2D eigenvalue weighted by molar-refractivity contribution is 5.82. The van der Waals surface area contributed by atoms with Crippen molar-refractivity contribution in [2.75, 3.05) is 6.61 Å². The quantitative estimate of drug-likeness (QED) is 0.375. The molecule has 0 saturated carbocycles. The topological polar surface area (TPSA) is 64.4 Å². The summed E-state index contributed by atoms with van der Waals surface area (Å²) >= 11 is 0. The number of carbonyl (C=O) groups is 1. The van der Waals surface area contributed by atoms with Crippen LogP contribution in [0.15, 0.2) is 54.6 Å². The van der Waals surface area contributed by atoms with Crippen molar-refractivity contribution >= 4 is 17.0 Å². The van der Waals surface area contributed by atoms with Crippen molar-refractivity contribution in [1.82, 2.24) is 9.55 Å². The van der Waals surface area contributed by atoms with Crippen LogP contribution in [0.3, 0.4) is 0 Å². The SMILES string of the molecule is CCc1nc2cccc(C)c2n1-c1cccc(CCc2ccc3c(c2)OC[C@H]3CC(=O)O)c1C. The van der Waals surface area contributed by atoms with Gasteiger partial charge < -0.3 is 9.84 Å². The lowest BCUT2D eigenvalue weighted by molar-refractivity contribution is -0.137. The van der Waals surface area contributed by atoms with Crippen LogP contribution in [0.2, 0.25) is 0 Å². The van der Waals surface area contributed by atoms with Crippen molar-refractivity contribution in [2.24, 2.45) is 0 Å². The Kier molecular flexibility index (Phi) is 5.86. The van der Waals surface area contributed by atoms with E-state index in [1.807, 2.05) is 6.07 Å². The van der Waals surface area contributed by atoms with Crippen LogP contribution in [0.1, 0.15) is 52.9 Å². The fourth-order valence-electron chi connectivity index (χ4n) is 5.16. The summed E-state index contributed by atoms with van der Waals surface area (Å²) in [5.74, 6) is 1.08. The van der Waals surface area contributed by atoms with Crippen molar-refractivity contribution < 1.29 is 14.6 Å². The molecule has 0 fully saturated rings. The molecule has 1 N–H and O–H groups in total. The molecule has 0 spiro atoms. The fourth-order valence-corrected chi connectivity index (χ4v) is 5.16. The first kappa shape index (κ1) is 22.2. The second-order valence-corrected chi connectivity index (χ2v) is 9.20. The minimum Gasteiger partial charge on any atom is -0.493 e. The third kappa shape index (κ3) is 3.96. The number of fused-ring (bicyclic) bond motifs is 2. The van der Waals surface area contributed by atoms with E-state index in [9.17, 15) is 4.79 Å². The molecule has 0 amide bonds. The average Bonchev–Trinajstić information content (AvgIpc) is 3.39. The maximum Gasteiger partial charge on any atom is 0.304 e. The van der Waals surface area contributed by atoms with Crippen LogP contribution in [-0.4, -0.2) is 27.2 Å². The summed E-state index contributed by atoms with van der Waals surface area (Å²) in [7, 11) is 0. The normalized spacial score (nSPS) is 14.9. The van der Waals surface area contributed by atoms with Gasteiger partial charge in [0.2, 0.25) is 0 Å². The molecule has 3 aromatic carbocycles. The molecule has 1 atom stereocenters. The molecule has 0 saturated heterocycles. The molecule has 0 radical (unpaired) electrons. The molecule has 174 valence electrons. The van der Waals surface area contributed by atoms with E-state index in [4.69, 9.17) is 14.8 Å². The van der Waals surface area contributed by atoms with Gasteiger partial charge in [-0.05, 0) is 67.1 Å². The van der Waals surface area contributed by atoms with Gasteiger partial charge in [-0.15, -0.1) is 0 Å². The molecule has 1 aromatic heterocycles. The molecule has 4 aromatic rings. The van der Waals surface area contributed by atoms with Gasteiger partial charge in [0.1, 0.15) is 11.6 Å². The Morgan fingerprint density at radius 3 is 2.74 bits per heavy atom. The first-order chi connectivity index (χ1) is 16.5. The number of aliphatic carboxylic acids is 1. The Balaban J connectivity index is 1.42. The lowest BCUT2D eigenvalue weighted by atomic mass is 9.94. The average molecular weight is 455 g/mol. The third-order valence-electron chi connectivity index (χ3n) is 6.98. The molecule has 0 unspecified atom stereocenters. The Morgan fingerprint density at radius 2 is 1.94 bits per heavy atom. The number of aromatic nitrogens is 2. The Morgan fingerprint density at radius 1 is 1.12 bits per heavy atom. The number of imidazole rings is 1. The predicted octanol–water partition coefficient (Wildman–Crippen LogP) is 5.94. The van der Waals surface area contributed by atoms with Gasteiger partial charge in [-0.1, -0.05) is 43.3 Å². The molecular weight excluding hydrogens is 424 g/mol. The molecular formula is C29H30N2O3. The number of hydrogen-bond donors (Lipinski definition) is 1. The molecule has 5 rings (SSSR count). The smallest absolute Gasteiger partial charge is 0.304 e. The molecule has 5 nitrogen and oxygen atoms in total. The second kappa shape index (κ2) is 8.98. The molecule has 1 aliphatic rings. The number of ether oxygens (including phenoxy) is 1. The van der Waals surface area contributed by atoms with E-state index < -0.39 is 5.97 Å². The number of carboxylic acids is 1. The zero-order valence-electron chi connectivity index (χ0n) is 20.0. The number of para-hydroxylation sites is 1. The van der Waals surface area contributed by atoms with Crippen LogP contribution < -0.4 is 4.74 Å². The summed E-state index contributed by atoms with van der Waals surface area (Å²) in [6, 6.07) is 19.1. The van der Waals surface area contributed by atoms with E-state index in [0.29, 0.717) is 6.61 Å². The van der Waals surface area contributed by atoms with Crippen LogP contribution in [0.5, 0.6) is 5.75 Å². The summed E-state index contributed by atoms with van der Waals surface area (Å²) in [5, 5.41) is 9.13. The molecule has 0 bridgehead atoms. The summed E-state index contributed by atoms with van der Waals surface area (Å²) in [6.07, 6.45) is 2.80. The van der Waals surface area contributed by atoms with Crippen LogP contribution in [0.4, 0.5) is 0 Å². The minimum absolute atomic E-state index is 0.0540. The van der Waals surface area contributed by atoms with Gasteiger partial charge in [-0.25, -0.2) is 4.98 Å². The standard InChI is InChI=1S/C29H30N2O3/c1-4-27-30-24-9-5-7-18(2)29(24)31(27)25-10-6-8-21(19(25)3)13-11-20-12-14-23-22(16-28(32)33)17-34-26(23)15-20/h5-10,12,14-15,22H,4,11,13,16-17H2,1-3H3,(H,32,33)/t22-/m1/s1. The van der Waals surface area contributed by atoms with Crippen LogP contribution in [0, 0.1) is 13.8 Å². The summed E-state index contributed by atoms with van der Waals surface area (Å²) < 4.78 is 8.13. The van der Waals surface area contributed by atoms with E-state index in [1.54, 1.807) is 0 Å². The van der Waals surface area contributed by atoms with Gasteiger partial charge in [-0.2, -0.15) is 0 Å². The molecule has 1 aliphatic heterocycles. The largest absolute Gasteiger partial charge is 0.493 e. The molecule has 0 aliphatic carbocycles. The van der Waals surface area contributed by atoms with Gasteiger partial charge in [0.25, 0.3) is 0 Å². The highest BCUT2D eigenvalue weighted by Crippen LogP contribution is 2.37. The van der Waals surface area contributed by atoms with Crippen LogP contribution >= 0.6 is 0 Å². The predicted molar refractivity (Wildman–Crippen MR) is 134 cm³/mol. The van der Waals surface area contributed by atoms with Crippen LogP contribution in [0.25, 0.3) is 16.7 Å². The second-order valence-electron chi connectivity index (χ2n) is 9.20. The number of aryl methyl sites for hydroxylation is 4. The van der Waals surface area contributed by atoms with Crippen molar-refractivity contribution in [3.8, 4) is 11.4 Å². The number of hydrogen-bond acceptors (Lipinski definition) is 3. The first-order valence-corrected chi connectivity index (χ1v) is 12.0. The van der Waals surface area contributed by atoms with E-state index in [-0.39, 0.29) is 12.3 Å². The van der Waals surface area contributed by atoms with Crippen molar-refractivity contribution in [3.05, 3.63) is 88.2 Å². The Labute approximate surface area is 200 Å². The molecule has 5 heteroatoms. The summed E-state index contributed by atoms with van der Waals surface area (Å²) in [6.45, 7) is 6.96. The number of rotatable bonds is 7. The Bertz CT molecular complexity index is 1390. The fraction of sp³-hybridized carbons (Fsp3) is 0.310. The van der Waals surface area contributed by atoms with E-state index >= 15 is 0 Å². The van der Waals surface area contributed by atoms with Gasteiger partial charge in [0, 0.05) is 17.9 Å². The Hall–Kier alpha value is -3.60. The van der Waals surface area contributed by atoms with E-state index in [0.717, 1.165) is 41.9 Å². The van der Waals surface area contributed by atoms with Crippen LogP contribution in [-0.2, 0) is 24.1 Å². The minimum atomic E-state index is -0.784. The van der Waals surface area contributed by atoms with Gasteiger partial charge >= 0.3 is 5.97 Å². The number of carboxylic acid groups (broad SMARTS) is 1. The summed E-state index contributed by atoms with van der Waals surface area (Å²) in [4.78, 5) is 16.0. The van der Waals surface area contributed by atoms with E-state index in [1.165, 1.54) is 33.5 Å². The van der Waals surface area contributed by atoms with Gasteiger partial charge in [-0.3, -0.25) is 9.36 Å². The lowest BCUT2D eigenvalue weighted by Crippen LogP contribution is -2.07. The van der Waals surface area contributed by atoms with Gasteiger partial charge in [0.05, 0.1) is 29.7 Å². The van der Waals surface area contributed by atoms with Gasteiger partial charge in [0.15, 0.2) is 0 Å². The number of nitrogens with zero attached hydrogens (tertiary/aromatic N) is 2. The maximum atomic E-state index is 11.1. The molecule has 34 heavy (non-hydrogen) atoms. The number of benzene rings is 3. The van der Waals surface area contributed by atoms with Crippen molar-refractivity contribution in [2.45, 2.75) is 52.4 Å². The molecule has 2 heterocycles. The maximum absolute atomic E-state index is 11.1. The van der Waals surface area contributed by atoms with Crippen molar-refractivity contribution in [3.63, 3.8) is 0 Å². The highest BCUT2D eigenvalue weighted by Gasteiger charge is 2.26. The third-order valence-corrected chi connectivity index (χ3v) is 6.98. The zero-order valence-corrected chi connectivity index (χ0v) is 20.0. The monoisotopic (exact) mass is 454 g/mol. The lowest BCUT2D eigenvalue weighted by Gasteiger charge is -2.16. The van der Waals surface area contributed by atoms with Crippen molar-refractivity contribution in [1.29, 1.82) is 0 Å². The van der Waals surface area contributed by atoms with E-state index in [2.05, 4.69) is 73.9 Å². The zero-order chi connectivity index (χ0) is 23.8. The first-order valence-electron chi connectivity index (χ1n) is 12.0.